The Balaban J connectivity index is 1.44. The van der Waals surface area contributed by atoms with Crippen LogP contribution >= 0.6 is 0 Å². The number of aromatic amines is 1. The SMILES string of the molecule is O=C(NCCCN1CCCC[C@@H]1CO)c1cnc(C2CC2)[nH]c1=O. The summed E-state index contributed by atoms with van der Waals surface area (Å²) in [4.78, 5) is 33.3. The van der Waals surface area contributed by atoms with Gasteiger partial charge in [0.25, 0.3) is 11.5 Å². The Hall–Kier alpha value is -1.73. The first-order valence-electron chi connectivity index (χ1n) is 8.91. The van der Waals surface area contributed by atoms with Gasteiger partial charge in [-0.1, -0.05) is 6.42 Å². The number of H-pyrrole nitrogens is 1. The number of aromatic nitrogens is 2. The van der Waals surface area contributed by atoms with Crippen LogP contribution in [-0.4, -0.2) is 58.2 Å². The molecule has 1 aliphatic heterocycles. The summed E-state index contributed by atoms with van der Waals surface area (Å²) in [6, 6.07) is 0.247. The first kappa shape index (κ1) is 17.1. The van der Waals surface area contributed by atoms with Crippen molar-refractivity contribution in [1.29, 1.82) is 0 Å². The van der Waals surface area contributed by atoms with E-state index >= 15 is 0 Å². The maximum absolute atomic E-state index is 12.1. The van der Waals surface area contributed by atoms with Gasteiger partial charge in [-0.05, 0) is 38.6 Å². The lowest BCUT2D eigenvalue weighted by molar-refractivity contribution is 0.0867. The van der Waals surface area contributed by atoms with Gasteiger partial charge in [-0.25, -0.2) is 4.98 Å². The number of carbonyl (C=O) groups is 1. The normalized spacial score (nSPS) is 21.6. The molecule has 1 aromatic rings. The van der Waals surface area contributed by atoms with Crippen LogP contribution in [0.4, 0.5) is 0 Å². The van der Waals surface area contributed by atoms with Crippen LogP contribution in [-0.2, 0) is 0 Å². The molecule has 132 valence electrons. The van der Waals surface area contributed by atoms with E-state index in [1.165, 1.54) is 12.6 Å². The number of aliphatic hydroxyl groups excluding tert-OH is 1. The van der Waals surface area contributed by atoms with Crippen molar-refractivity contribution in [3.05, 3.63) is 27.9 Å². The maximum Gasteiger partial charge on any atom is 0.263 e. The molecule has 1 saturated heterocycles. The first-order chi connectivity index (χ1) is 11.7. The number of carbonyl (C=O) groups excluding carboxylic acids is 1. The number of hydrogen-bond donors (Lipinski definition) is 3. The summed E-state index contributed by atoms with van der Waals surface area (Å²) >= 11 is 0. The lowest BCUT2D eigenvalue weighted by atomic mass is 10.0. The Morgan fingerprint density at radius 3 is 2.92 bits per heavy atom. The molecule has 0 radical (unpaired) electrons. The van der Waals surface area contributed by atoms with Gasteiger partial charge < -0.3 is 15.4 Å². The molecule has 2 heterocycles. The number of rotatable bonds is 7. The van der Waals surface area contributed by atoms with Crippen LogP contribution in [0, 0.1) is 0 Å². The summed E-state index contributed by atoms with van der Waals surface area (Å²) in [5.41, 5.74) is -0.286. The number of aliphatic hydroxyl groups is 1. The lowest BCUT2D eigenvalue weighted by Gasteiger charge is -2.34. The van der Waals surface area contributed by atoms with Crippen molar-refractivity contribution in [1.82, 2.24) is 20.2 Å². The second-order valence-corrected chi connectivity index (χ2v) is 6.76. The van der Waals surface area contributed by atoms with E-state index in [1.54, 1.807) is 0 Å². The first-order valence-corrected chi connectivity index (χ1v) is 8.91. The highest BCUT2D eigenvalue weighted by Crippen LogP contribution is 2.37. The van der Waals surface area contributed by atoms with Gasteiger partial charge in [0.2, 0.25) is 0 Å². The summed E-state index contributed by atoms with van der Waals surface area (Å²) in [5, 5.41) is 12.2. The molecule has 7 nitrogen and oxygen atoms in total. The van der Waals surface area contributed by atoms with Crippen LogP contribution in [0.2, 0.25) is 0 Å². The predicted molar refractivity (Wildman–Crippen MR) is 90.1 cm³/mol. The zero-order valence-electron chi connectivity index (χ0n) is 14.0. The van der Waals surface area contributed by atoms with E-state index in [4.69, 9.17) is 0 Å². The smallest absolute Gasteiger partial charge is 0.263 e. The number of nitrogens with one attached hydrogen (secondary N) is 2. The van der Waals surface area contributed by atoms with E-state index in [9.17, 15) is 14.7 Å². The molecular weight excluding hydrogens is 308 g/mol. The second kappa shape index (κ2) is 7.90. The lowest BCUT2D eigenvalue weighted by Crippen LogP contribution is -2.43. The third kappa shape index (κ3) is 4.21. The van der Waals surface area contributed by atoms with Crippen molar-refractivity contribution >= 4 is 5.91 Å². The standard InChI is InChI=1S/C17H26N4O3/c22-11-13-4-1-2-8-21(13)9-3-7-18-16(23)14-10-19-15(12-5-6-12)20-17(14)24/h10,12-13,22H,1-9,11H2,(H,18,23)(H,19,20,24)/t13-/m1/s1. The third-order valence-corrected chi connectivity index (χ3v) is 4.90. The Morgan fingerprint density at radius 1 is 1.38 bits per heavy atom. The molecule has 24 heavy (non-hydrogen) atoms. The molecule has 1 atom stereocenters. The summed E-state index contributed by atoms with van der Waals surface area (Å²) < 4.78 is 0. The summed E-state index contributed by atoms with van der Waals surface area (Å²) in [7, 11) is 0. The second-order valence-electron chi connectivity index (χ2n) is 6.76. The van der Waals surface area contributed by atoms with Crippen molar-refractivity contribution < 1.29 is 9.90 Å². The van der Waals surface area contributed by atoms with E-state index < -0.39 is 0 Å². The van der Waals surface area contributed by atoms with Crippen molar-refractivity contribution in [3.8, 4) is 0 Å². The van der Waals surface area contributed by atoms with Crippen molar-refractivity contribution in [2.45, 2.75) is 50.5 Å². The van der Waals surface area contributed by atoms with Crippen LogP contribution in [0.15, 0.2) is 11.0 Å². The third-order valence-electron chi connectivity index (χ3n) is 4.90. The summed E-state index contributed by atoms with van der Waals surface area (Å²) in [5.74, 6) is 0.680. The van der Waals surface area contributed by atoms with Crippen LogP contribution < -0.4 is 10.9 Å². The Labute approximate surface area is 141 Å². The minimum atomic E-state index is -0.372. The molecule has 0 bridgehead atoms. The topological polar surface area (TPSA) is 98.3 Å². The highest BCUT2D eigenvalue weighted by atomic mass is 16.3. The van der Waals surface area contributed by atoms with Gasteiger partial charge in [-0.2, -0.15) is 0 Å². The molecule has 1 aromatic heterocycles. The van der Waals surface area contributed by atoms with E-state index in [0.717, 1.165) is 45.2 Å². The van der Waals surface area contributed by atoms with Gasteiger partial charge >= 0.3 is 0 Å². The number of piperidine rings is 1. The highest BCUT2D eigenvalue weighted by molar-refractivity contribution is 5.93. The van der Waals surface area contributed by atoms with Gasteiger partial charge in [0.15, 0.2) is 0 Å². The zero-order chi connectivity index (χ0) is 16.9. The van der Waals surface area contributed by atoms with Gasteiger partial charge in [0, 0.05) is 31.2 Å². The Morgan fingerprint density at radius 2 is 2.21 bits per heavy atom. The maximum atomic E-state index is 12.1. The zero-order valence-corrected chi connectivity index (χ0v) is 14.0. The fourth-order valence-corrected chi connectivity index (χ4v) is 3.28. The predicted octanol–water partition coefficient (Wildman–Crippen LogP) is 0.614. The molecule has 0 aromatic carbocycles. The number of likely N-dealkylation sites (tertiary alicyclic amines) is 1. The monoisotopic (exact) mass is 334 g/mol. The molecule has 0 spiro atoms. The number of hydrogen-bond acceptors (Lipinski definition) is 5. The average Bonchev–Trinajstić information content (AvgIpc) is 3.44. The van der Waals surface area contributed by atoms with Crippen LogP contribution in [0.25, 0.3) is 0 Å². The number of amides is 1. The van der Waals surface area contributed by atoms with Crippen LogP contribution in [0.3, 0.4) is 0 Å². The molecule has 1 saturated carbocycles. The van der Waals surface area contributed by atoms with E-state index in [1.807, 2.05) is 0 Å². The minimum absolute atomic E-state index is 0.0746. The Kier molecular flexibility index (Phi) is 5.63. The highest BCUT2D eigenvalue weighted by Gasteiger charge is 2.26. The van der Waals surface area contributed by atoms with Crippen molar-refractivity contribution in [2.24, 2.45) is 0 Å². The molecular formula is C17H26N4O3. The van der Waals surface area contributed by atoms with E-state index in [0.29, 0.717) is 18.3 Å². The van der Waals surface area contributed by atoms with Crippen LogP contribution in [0.1, 0.15) is 60.6 Å². The minimum Gasteiger partial charge on any atom is -0.395 e. The summed E-state index contributed by atoms with van der Waals surface area (Å²) in [6.45, 7) is 2.56. The van der Waals surface area contributed by atoms with Gasteiger partial charge in [-0.15, -0.1) is 0 Å². The van der Waals surface area contributed by atoms with Gasteiger partial charge in [0.1, 0.15) is 11.4 Å². The molecule has 7 heteroatoms. The van der Waals surface area contributed by atoms with Gasteiger partial charge in [0.05, 0.1) is 6.61 Å². The summed E-state index contributed by atoms with van der Waals surface area (Å²) in [6.07, 6.45) is 7.67. The molecule has 2 fully saturated rings. The molecule has 3 rings (SSSR count). The van der Waals surface area contributed by atoms with Crippen LogP contribution in [0.5, 0.6) is 0 Å². The van der Waals surface area contributed by atoms with Gasteiger partial charge in [-0.3, -0.25) is 14.5 Å². The van der Waals surface area contributed by atoms with Crippen molar-refractivity contribution in [3.63, 3.8) is 0 Å². The largest absolute Gasteiger partial charge is 0.395 e. The van der Waals surface area contributed by atoms with E-state index in [-0.39, 0.29) is 29.7 Å². The van der Waals surface area contributed by atoms with E-state index in [2.05, 4.69) is 20.2 Å². The molecule has 1 amide bonds. The fourth-order valence-electron chi connectivity index (χ4n) is 3.28. The number of nitrogens with zero attached hydrogens (tertiary/aromatic N) is 2. The van der Waals surface area contributed by atoms with Crippen molar-refractivity contribution in [2.75, 3.05) is 26.2 Å². The quantitative estimate of drug-likeness (QED) is 0.635. The molecule has 3 N–H and O–H groups in total. The fraction of sp³-hybridized carbons (Fsp3) is 0.706. The molecule has 0 unspecified atom stereocenters. The molecule has 1 aliphatic carbocycles. The Bertz CT molecular complexity index is 627. The average molecular weight is 334 g/mol. The molecule has 2 aliphatic rings.